The molecular weight excluding hydrogens is 253 g/mol. The van der Waals surface area contributed by atoms with Crippen molar-refractivity contribution in [3.8, 4) is 6.07 Å². The van der Waals surface area contributed by atoms with E-state index in [2.05, 4.69) is 13.8 Å². The molecular formula is C14H15F3N2. The molecule has 0 unspecified atom stereocenters. The maximum Gasteiger partial charge on any atom is 0.417 e. The van der Waals surface area contributed by atoms with Crippen LogP contribution in [0.3, 0.4) is 0 Å². The molecule has 2 rings (SSSR count). The largest absolute Gasteiger partial charge is 0.417 e. The van der Waals surface area contributed by atoms with Gasteiger partial charge in [-0.05, 0) is 30.0 Å². The SMILES string of the molecule is CC1(C)CCN(c2ccc(C#N)c(C(F)(F)F)c2)C1. The Bertz CT molecular complexity index is 526. The summed E-state index contributed by atoms with van der Waals surface area (Å²) < 4.78 is 38.7. The van der Waals surface area contributed by atoms with Gasteiger partial charge in [0.05, 0.1) is 17.2 Å². The van der Waals surface area contributed by atoms with Crippen molar-refractivity contribution in [1.29, 1.82) is 5.26 Å². The van der Waals surface area contributed by atoms with Gasteiger partial charge in [0.15, 0.2) is 0 Å². The average molecular weight is 268 g/mol. The highest BCUT2D eigenvalue weighted by Crippen LogP contribution is 2.37. The Balaban J connectivity index is 2.37. The van der Waals surface area contributed by atoms with Crippen LogP contribution in [0, 0.1) is 16.7 Å². The second-order valence-corrected chi connectivity index (χ2v) is 5.68. The van der Waals surface area contributed by atoms with Gasteiger partial charge in [0.2, 0.25) is 0 Å². The highest BCUT2D eigenvalue weighted by molar-refractivity contribution is 5.55. The fourth-order valence-corrected chi connectivity index (χ4v) is 2.39. The van der Waals surface area contributed by atoms with Crippen LogP contribution in [0.25, 0.3) is 0 Å². The Labute approximate surface area is 110 Å². The zero-order valence-electron chi connectivity index (χ0n) is 10.9. The van der Waals surface area contributed by atoms with Gasteiger partial charge < -0.3 is 4.90 Å². The molecule has 0 spiro atoms. The number of hydrogen-bond donors (Lipinski definition) is 0. The third kappa shape index (κ3) is 2.83. The molecule has 19 heavy (non-hydrogen) atoms. The number of alkyl halides is 3. The molecule has 1 aromatic rings. The minimum atomic E-state index is -4.49. The predicted molar refractivity (Wildman–Crippen MR) is 66.8 cm³/mol. The first-order valence-corrected chi connectivity index (χ1v) is 6.09. The first-order chi connectivity index (χ1) is 8.73. The molecule has 0 aromatic heterocycles. The van der Waals surface area contributed by atoms with Gasteiger partial charge in [-0.3, -0.25) is 0 Å². The standard InChI is InChI=1S/C14H15F3N2/c1-13(2)5-6-19(9-13)11-4-3-10(8-18)12(7-11)14(15,16)17/h3-4,7H,5-6,9H2,1-2H3. The molecule has 1 heterocycles. The molecule has 5 heteroatoms. The number of nitrogens with zero attached hydrogens (tertiary/aromatic N) is 2. The second kappa shape index (κ2) is 4.44. The van der Waals surface area contributed by atoms with E-state index in [9.17, 15) is 13.2 Å². The second-order valence-electron chi connectivity index (χ2n) is 5.68. The Morgan fingerprint density at radius 3 is 2.47 bits per heavy atom. The monoisotopic (exact) mass is 268 g/mol. The van der Waals surface area contributed by atoms with E-state index < -0.39 is 11.7 Å². The van der Waals surface area contributed by atoms with Crippen molar-refractivity contribution in [3.05, 3.63) is 29.3 Å². The lowest BCUT2D eigenvalue weighted by atomic mass is 9.93. The maximum atomic E-state index is 12.9. The third-order valence-corrected chi connectivity index (χ3v) is 3.47. The van der Waals surface area contributed by atoms with E-state index in [-0.39, 0.29) is 11.0 Å². The molecule has 0 radical (unpaired) electrons. The summed E-state index contributed by atoms with van der Waals surface area (Å²) in [6, 6.07) is 5.53. The summed E-state index contributed by atoms with van der Waals surface area (Å²) in [5, 5.41) is 8.76. The minimum Gasteiger partial charge on any atom is -0.371 e. The Kier molecular flexibility index (Phi) is 3.21. The summed E-state index contributed by atoms with van der Waals surface area (Å²) in [5.74, 6) is 0. The number of halogens is 3. The minimum absolute atomic E-state index is 0.117. The molecule has 1 aromatic carbocycles. The molecule has 0 aliphatic carbocycles. The summed E-state index contributed by atoms with van der Waals surface area (Å²) in [7, 11) is 0. The molecule has 0 bridgehead atoms. The van der Waals surface area contributed by atoms with Crippen LogP contribution in [-0.4, -0.2) is 13.1 Å². The number of rotatable bonds is 1. The lowest BCUT2D eigenvalue weighted by molar-refractivity contribution is -0.137. The average Bonchev–Trinajstić information content (AvgIpc) is 2.68. The van der Waals surface area contributed by atoms with Crippen molar-refractivity contribution in [2.45, 2.75) is 26.4 Å². The molecule has 0 saturated carbocycles. The van der Waals surface area contributed by atoms with Gasteiger partial charge in [-0.1, -0.05) is 13.8 Å². The Morgan fingerprint density at radius 2 is 2.00 bits per heavy atom. The van der Waals surface area contributed by atoms with Gasteiger partial charge in [-0.25, -0.2) is 0 Å². The topological polar surface area (TPSA) is 27.0 Å². The van der Waals surface area contributed by atoms with E-state index in [1.165, 1.54) is 6.07 Å². The van der Waals surface area contributed by atoms with E-state index >= 15 is 0 Å². The number of anilines is 1. The molecule has 2 nitrogen and oxygen atoms in total. The lowest BCUT2D eigenvalue weighted by Gasteiger charge is -2.22. The third-order valence-electron chi connectivity index (χ3n) is 3.47. The van der Waals surface area contributed by atoms with Crippen LogP contribution in [0.5, 0.6) is 0 Å². The molecule has 0 N–H and O–H groups in total. The molecule has 1 fully saturated rings. The lowest BCUT2D eigenvalue weighted by Crippen LogP contribution is -2.23. The van der Waals surface area contributed by atoms with Gasteiger partial charge in [-0.15, -0.1) is 0 Å². The first kappa shape index (κ1) is 13.7. The fourth-order valence-electron chi connectivity index (χ4n) is 2.39. The number of nitriles is 1. The summed E-state index contributed by atoms with van der Waals surface area (Å²) in [6.07, 6.45) is -3.54. The van der Waals surface area contributed by atoms with Gasteiger partial charge in [0, 0.05) is 18.8 Å². The van der Waals surface area contributed by atoms with Gasteiger partial charge in [0.1, 0.15) is 0 Å². The quantitative estimate of drug-likeness (QED) is 0.774. The summed E-state index contributed by atoms with van der Waals surface area (Å²) in [4.78, 5) is 1.94. The summed E-state index contributed by atoms with van der Waals surface area (Å²) >= 11 is 0. The molecule has 102 valence electrons. The van der Waals surface area contributed by atoms with E-state index in [0.717, 1.165) is 25.6 Å². The van der Waals surface area contributed by atoms with E-state index in [1.807, 2.05) is 4.90 Å². The Hall–Kier alpha value is -1.70. The normalized spacial score (nSPS) is 18.4. The smallest absolute Gasteiger partial charge is 0.371 e. The zero-order valence-corrected chi connectivity index (χ0v) is 10.9. The van der Waals surface area contributed by atoms with Crippen LogP contribution < -0.4 is 4.90 Å². The van der Waals surface area contributed by atoms with Crippen LogP contribution in [0.1, 0.15) is 31.4 Å². The molecule has 1 aliphatic heterocycles. The van der Waals surface area contributed by atoms with Crippen molar-refractivity contribution in [2.75, 3.05) is 18.0 Å². The van der Waals surface area contributed by atoms with Crippen molar-refractivity contribution < 1.29 is 13.2 Å². The van der Waals surface area contributed by atoms with Crippen LogP contribution >= 0.6 is 0 Å². The van der Waals surface area contributed by atoms with Crippen molar-refractivity contribution in [3.63, 3.8) is 0 Å². The number of benzene rings is 1. The van der Waals surface area contributed by atoms with E-state index in [1.54, 1.807) is 12.1 Å². The summed E-state index contributed by atoms with van der Waals surface area (Å²) in [5.41, 5.74) is -0.518. The van der Waals surface area contributed by atoms with Gasteiger partial charge >= 0.3 is 6.18 Å². The highest BCUT2D eigenvalue weighted by atomic mass is 19.4. The predicted octanol–water partition coefficient (Wildman–Crippen LogP) is 3.81. The molecule has 0 atom stereocenters. The fraction of sp³-hybridized carbons (Fsp3) is 0.500. The molecule has 1 saturated heterocycles. The van der Waals surface area contributed by atoms with Crippen molar-refractivity contribution in [1.82, 2.24) is 0 Å². The number of hydrogen-bond acceptors (Lipinski definition) is 2. The van der Waals surface area contributed by atoms with Gasteiger partial charge in [0.25, 0.3) is 0 Å². The van der Waals surface area contributed by atoms with E-state index in [0.29, 0.717) is 5.69 Å². The van der Waals surface area contributed by atoms with Crippen LogP contribution in [0.15, 0.2) is 18.2 Å². The highest BCUT2D eigenvalue weighted by Gasteiger charge is 2.35. The first-order valence-electron chi connectivity index (χ1n) is 6.09. The summed E-state index contributed by atoms with van der Waals surface area (Å²) in [6.45, 7) is 5.68. The van der Waals surface area contributed by atoms with Crippen molar-refractivity contribution in [2.24, 2.45) is 5.41 Å². The van der Waals surface area contributed by atoms with Crippen molar-refractivity contribution >= 4 is 5.69 Å². The maximum absolute atomic E-state index is 12.9. The molecule has 0 amide bonds. The van der Waals surface area contributed by atoms with Gasteiger partial charge in [-0.2, -0.15) is 18.4 Å². The van der Waals surface area contributed by atoms with Crippen LogP contribution in [0.4, 0.5) is 18.9 Å². The van der Waals surface area contributed by atoms with E-state index in [4.69, 9.17) is 5.26 Å². The zero-order chi connectivity index (χ0) is 14.3. The van der Waals surface area contributed by atoms with Crippen LogP contribution in [-0.2, 0) is 6.18 Å². The molecule has 1 aliphatic rings. The Morgan fingerprint density at radius 1 is 1.32 bits per heavy atom. The van der Waals surface area contributed by atoms with Crippen LogP contribution in [0.2, 0.25) is 0 Å².